The minimum atomic E-state index is -0.554. The fraction of sp³-hybridized carbons (Fsp3) is 0.0645. The van der Waals surface area contributed by atoms with E-state index in [0.717, 1.165) is 34.1 Å². The summed E-state index contributed by atoms with van der Waals surface area (Å²) in [5.41, 5.74) is 18.9. The van der Waals surface area contributed by atoms with Gasteiger partial charge < -0.3 is 9.80 Å². The molecule has 0 aliphatic heterocycles. The number of benzene rings is 10. The van der Waals surface area contributed by atoms with E-state index in [1.807, 2.05) is 0 Å². The quantitative estimate of drug-likeness (QED) is 0.158. The summed E-state index contributed by atoms with van der Waals surface area (Å²) in [6.07, 6.45) is 0. The zero-order valence-electron chi connectivity index (χ0n) is 36.0. The van der Waals surface area contributed by atoms with Crippen molar-refractivity contribution in [1.29, 1.82) is 0 Å². The average Bonchev–Trinajstić information content (AvgIpc) is 3.64. The summed E-state index contributed by atoms with van der Waals surface area (Å²) in [7, 11) is 0. The van der Waals surface area contributed by atoms with Gasteiger partial charge in [-0.05, 0) is 134 Å². The first-order valence-corrected chi connectivity index (χ1v) is 22.3. The Labute approximate surface area is 376 Å². The van der Waals surface area contributed by atoms with E-state index in [0.29, 0.717) is 0 Å². The second-order valence-corrected chi connectivity index (χ2v) is 17.7. The Bertz CT molecular complexity index is 3330. The number of rotatable bonds is 7. The zero-order chi connectivity index (χ0) is 42.8. The van der Waals surface area contributed by atoms with Crippen molar-refractivity contribution < 1.29 is 0 Å². The van der Waals surface area contributed by atoms with Crippen molar-refractivity contribution in [3.63, 3.8) is 0 Å². The van der Waals surface area contributed by atoms with Gasteiger partial charge in [-0.15, -0.1) is 0 Å². The van der Waals surface area contributed by atoms with Gasteiger partial charge >= 0.3 is 0 Å². The van der Waals surface area contributed by atoms with E-state index in [4.69, 9.17) is 0 Å². The monoisotopic (exact) mass is 818 g/mol. The van der Waals surface area contributed by atoms with Crippen molar-refractivity contribution in [3.8, 4) is 22.3 Å². The van der Waals surface area contributed by atoms with Crippen LogP contribution in [0.2, 0.25) is 0 Å². The highest BCUT2D eigenvalue weighted by Crippen LogP contribution is 2.63. The molecule has 64 heavy (non-hydrogen) atoms. The Morgan fingerprint density at radius 3 is 1.48 bits per heavy atom. The van der Waals surface area contributed by atoms with Gasteiger partial charge in [0.25, 0.3) is 0 Å². The molecule has 0 bridgehead atoms. The highest BCUT2D eigenvalue weighted by atomic mass is 15.1. The summed E-state index contributed by atoms with van der Waals surface area (Å²) in [4.78, 5) is 4.81. The second kappa shape index (κ2) is 14.9. The second-order valence-electron chi connectivity index (χ2n) is 17.7. The molecule has 0 heterocycles. The largest absolute Gasteiger partial charge is 0.310 e. The lowest BCUT2D eigenvalue weighted by molar-refractivity contribution is 0.563. The summed E-state index contributed by atoms with van der Waals surface area (Å²) in [5, 5.41) is 2.45. The first-order valence-electron chi connectivity index (χ1n) is 22.3. The zero-order valence-corrected chi connectivity index (χ0v) is 36.0. The first-order chi connectivity index (χ1) is 31.5. The van der Waals surface area contributed by atoms with E-state index in [1.165, 1.54) is 66.4 Å². The standard InChI is InChI=1S/C62H46N2/c1-61(2)55-31-17-18-32-56(55)62(54-30-16-14-29-52(54)53-38-37-50(42-58(53)62)63(46-22-6-3-7-23-46)47-24-8-4-9-25-47)57-39-35-45(41-59(57)61)51-28-15-19-33-60(51)64(48-26-10-5-11-27-48)49-36-34-43-20-12-13-21-44(43)40-49/h3-42H,1-2H3. The van der Waals surface area contributed by atoms with Crippen LogP contribution in [0.25, 0.3) is 33.0 Å². The van der Waals surface area contributed by atoms with Crippen LogP contribution >= 0.6 is 0 Å². The highest BCUT2D eigenvalue weighted by Gasteiger charge is 2.53. The predicted octanol–water partition coefficient (Wildman–Crippen LogP) is 16.4. The van der Waals surface area contributed by atoms with Crippen LogP contribution < -0.4 is 9.80 Å². The molecule has 0 aromatic heterocycles. The summed E-state index contributed by atoms with van der Waals surface area (Å²) < 4.78 is 0. The Morgan fingerprint density at radius 2 is 0.781 bits per heavy atom. The van der Waals surface area contributed by atoms with Gasteiger partial charge in [-0.2, -0.15) is 0 Å². The van der Waals surface area contributed by atoms with Crippen LogP contribution in [-0.2, 0) is 10.8 Å². The van der Waals surface area contributed by atoms with Gasteiger partial charge in [-0.1, -0.05) is 184 Å². The molecule has 10 aromatic carbocycles. The number of para-hydroxylation sites is 4. The van der Waals surface area contributed by atoms with Crippen molar-refractivity contribution in [2.24, 2.45) is 0 Å². The molecule has 1 unspecified atom stereocenters. The Morgan fingerprint density at radius 1 is 0.281 bits per heavy atom. The van der Waals surface area contributed by atoms with Crippen LogP contribution in [0.4, 0.5) is 34.1 Å². The van der Waals surface area contributed by atoms with Crippen molar-refractivity contribution in [3.05, 3.63) is 276 Å². The maximum Gasteiger partial charge on any atom is 0.0720 e. The number of hydrogen-bond donors (Lipinski definition) is 0. The summed E-state index contributed by atoms with van der Waals surface area (Å²) >= 11 is 0. The van der Waals surface area contributed by atoms with Crippen LogP contribution in [-0.4, -0.2) is 0 Å². The third-order valence-electron chi connectivity index (χ3n) is 13.9. The van der Waals surface area contributed by atoms with Crippen LogP contribution in [0.1, 0.15) is 47.2 Å². The molecule has 304 valence electrons. The van der Waals surface area contributed by atoms with Crippen molar-refractivity contribution >= 4 is 44.9 Å². The number of fused-ring (bicyclic) bond motifs is 10. The highest BCUT2D eigenvalue weighted by molar-refractivity contribution is 5.95. The lowest BCUT2D eigenvalue weighted by atomic mass is 9.55. The molecule has 0 radical (unpaired) electrons. The SMILES string of the molecule is CC1(C)c2ccccc2C2(c3ccccc3-c3ccc(N(c4ccccc4)c4ccccc4)cc32)c2ccc(-c3ccccc3N(c3ccccc3)c3ccc4ccccc4c3)cc21. The third kappa shape index (κ3) is 5.72. The van der Waals surface area contributed by atoms with E-state index in [2.05, 4.69) is 266 Å². The molecule has 1 atom stereocenters. The Kier molecular flexibility index (Phi) is 8.77. The van der Waals surface area contributed by atoms with Gasteiger partial charge in [0.05, 0.1) is 11.1 Å². The summed E-state index contributed by atoms with van der Waals surface area (Å²) in [6, 6.07) is 89.5. The smallest absolute Gasteiger partial charge is 0.0720 e. The topological polar surface area (TPSA) is 6.48 Å². The fourth-order valence-corrected chi connectivity index (χ4v) is 11.0. The number of nitrogens with zero attached hydrogens (tertiary/aromatic N) is 2. The van der Waals surface area contributed by atoms with Gasteiger partial charge in [-0.3, -0.25) is 0 Å². The van der Waals surface area contributed by atoms with Gasteiger partial charge in [0, 0.05) is 39.4 Å². The molecule has 2 heteroatoms. The molecule has 0 fully saturated rings. The van der Waals surface area contributed by atoms with Gasteiger partial charge in [0.2, 0.25) is 0 Å². The minimum Gasteiger partial charge on any atom is -0.310 e. The lowest BCUT2D eigenvalue weighted by Crippen LogP contribution is -2.40. The first kappa shape index (κ1) is 37.8. The number of hydrogen-bond acceptors (Lipinski definition) is 2. The molecule has 2 aliphatic carbocycles. The molecule has 2 nitrogen and oxygen atoms in total. The van der Waals surface area contributed by atoms with E-state index in [-0.39, 0.29) is 5.41 Å². The molecular formula is C62H46N2. The van der Waals surface area contributed by atoms with E-state index < -0.39 is 5.41 Å². The maximum absolute atomic E-state index is 2.51. The Hall–Kier alpha value is -7.94. The number of anilines is 6. The van der Waals surface area contributed by atoms with Gasteiger partial charge in [0.15, 0.2) is 0 Å². The van der Waals surface area contributed by atoms with Crippen LogP contribution in [0.15, 0.2) is 243 Å². The average molecular weight is 819 g/mol. The molecule has 0 N–H and O–H groups in total. The molecule has 0 saturated heterocycles. The minimum absolute atomic E-state index is 0.297. The molecule has 10 aromatic rings. The third-order valence-corrected chi connectivity index (χ3v) is 13.9. The normalized spacial score (nSPS) is 15.2. The van der Waals surface area contributed by atoms with E-state index in [1.54, 1.807) is 0 Å². The van der Waals surface area contributed by atoms with Crippen LogP contribution in [0, 0.1) is 0 Å². The molecule has 0 saturated carbocycles. The van der Waals surface area contributed by atoms with Crippen LogP contribution in [0.3, 0.4) is 0 Å². The molecule has 12 rings (SSSR count). The van der Waals surface area contributed by atoms with E-state index in [9.17, 15) is 0 Å². The Balaban J connectivity index is 1.10. The lowest BCUT2D eigenvalue weighted by Gasteiger charge is -2.47. The summed E-state index contributed by atoms with van der Waals surface area (Å²) in [6.45, 7) is 4.84. The fourth-order valence-electron chi connectivity index (χ4n) is 11.0. The molecular weight excluding hydrogens is 773 g/mol. The molecule has 0 amide bonds. The van der Waals surface area contributed by atoms with Crippen molar-refractivity contribution in [1.82, 2.24) is 0 Å². The predicted molar refractivity (Wildman–Crippen MR) is 268 cm³/mol. The van der Waals surface area contributed by atoms with Gasteiger partial charge in [-0.25, -0.2) is 0 Å². The van der Waals surface area contributed by atoms with Crippen molar-refractivity contribution in [2.75, 3.05) is 9.80 Å². The maximum atomic E-state index is 2.51. The van der Waals surface area contributed by atoms with Gasteiger partial charge in [0.1, 0.15) is 0 Å². The molecule has 2 aliphatic rings. The van der Waals surface area contributed by atoms with Crippen molar-refractivity contribution in [2.45, 2.75) is 24.7 Å². The summed E-state index contributed by atoms with van der Waals surface area (Å²) in [5.74, 6) is 0. The van der Waals surface area contributed by atoms with Crippen LogP contribution in [0.5, 0.6) is 0 Å². The van der Waals surface area contributed by atoms with E-state index >= 15 is 0 Å². The molecule has 1 spiro atoms.